The smallest absolute Gasteiger partial charge is 0.166 e. The first-order chi connectivity index (χ1) is 13.6. The minimum atomic E-state index is 0.175. The number of hydrogen-bond acceptors (Lipinski definition) is 3. The molecule has 2 aromatic carbocycles. The van der Waals surface area contributed by atoms with Crippen molar-refractivity contribution >= 4 is 33.9 Å². The summed E-state index contributed by atoms with van der Waals surface area (Å²) in [5.41, 5.74) is 4.85. The molecule has 28 heavy (non-hydrogen) atoms. The molecule has 0 bridgehead atoms. The van der Waals surface area contributed by atoms with Crippen LogP contribution < -0.4 is 15.5 Å². The summed E-state index contributed by atoms with van der Waals surface area (Å²) in [5, 5.41) is 8.43. The largest absolute Gasteiger partial charge is 0.383 e. The summed E-state index contributed by atoms with van der Waals surface area (Å²) in [7, 11) is 5.79. The van der Waals surface area contributed by atoms with Crippen LogP contribution in [0.2, 0.25) is 0 Å². The highest BCUT2D eigenvalue weighted by atomic mass is 32.1. The summed E-state index contributed by atoms with van der Waals surface area (Å²) < 4.78 is 5.07. The fourth-order valence-electron chi connectivity index (χ4n) is 3.32. The molecule has 3 N–H and O–H groups in total. The zero-order valence-corrected chi connectivity index (χ0v) is 17.5. The van der Waals surface area contributed by atoms with Crippen molar-refractivity contribution in [1.82, 2.24) is 15.6 Å². The molecule has 3 aromatic rings. The minimum Gasteiger partial charge on any atom is -0.383 e. The molecule has 0 radical (unpaired) electrons. The van der Waals surface area contributed by atoms with Crippen molar-refractivity contribution in [3.05, 3.63) is 65.9 Å². The zero-order chi connectivity index (χ0) is 19.9. The van der Waals surface area contributed by atoms with Crippen molar-refractivity contribution in [3.63, 3.8) is 0 Å². The third kappa shape index (κ3) is 4.82. The number of aromatic amines is 1. The Morgan fingerprint density at radius 2 is 1.86 bits per heavy atom. The fourth-order valence-corrected chi connectivity index (χ4v) is 3.50. The second-order valence-electron chi connectivity index (χ2n) is 6.96. The minimum absolute atomic E-state index is 0.175. The first-order valence-corrected chi connectivity index (χ1v) is 9.85. The van der Waals surface area contributed by atoms with E-state index in [0.717, 1.165) is 5.52 Å². The monoisotopic (exact) mass is 396 g/mol. The van der Waals surface area contributed by atoms with Gasteiger partial charge in [0.05, 0.1) is 6.61 Å². The topological polar surface area (TPSA) is 52.3 Å². The Labute approximate surface area is 172 Å². The van der Waals surface area contributed by atoms with Gasteiger partial charge in [0.2, 0.25) is 0 Å². The number of hydrogen-bond donors (Lipinski definition) is 3. The maximum absolute atomic E-state index is 5.42. The predicted molar refractivity (Wildman–Crippen MR) is 121 cm³/mol. The van der Waals surface area contributed by atoms with Crippen LogP contribution in [-0.2, 0) is 4.74 Å². The number of nitrogens with zero attached hydrogens (tertiary/aromatic N) is 1. The average molecular weight is 397 g/mol. The van der Waals surface area contributed by atoms with Crippen LogP contribution >= 0.6 is 12.2 Å². The lowest BCUT2D eigenvalue weighted by Gasteiger charge is -2.21. The lowest BCUT2D eigenvalue weighted by Crippen LogP contribution is -2.39. The van der Waals surface area contributed by atoms with Crippen LogP contribution in [0.3, 0.4) is 0 Å². The SMILES string of the molecule is COCCNC(=S)NC[C@H](c1ccc(N(C)C)cc1)c1c[nH]c2ccccc12. The van der Waals surface area contributed by atoms with Crippen molar-refractivity contribution in [2.75, 3.05) is 45.8 Å². The summed E-state index contributed by atoms with van der Waals surface area (Å²) in [4.78, 5) is 5.51. The number of thiocarbonyl (C=S) groups is 1. The summed E-state index contributed by atoms with van der Waals surface area (Å²) in [6.45, 7) is 2.03. The Kier molecular flexibility index (Phi) is 6.90. The Balaban J connectivity index is 1.85. The second-order valence-corrected chi connectivity index (χ2v) is 7.37. The third-order valence-corrected chi connectivity index (χ3v) is 5.16. The Morgan fingerprint density at radius 1 is 1.11 bits per heavy atom. The van der Waals surface area contributed by atoms with Gasteiger partial charge in [0.15, 0.2) is 5.11 Å². The molecule has 5 nitrogen and oxygen atoms in total. The molecule has 1 atom stereocenters. The quantitative estimate of drug-likeness (QED) is 0.402. The number of rotatable bonds is 8. The van der Waals surface area contributed by atoms with E-state index in [2.05, 4.69) is 89.3 Å². The van der Waals surface area contributed by atoms with Crippen molar-refractivity contribution in [2.45, 2.75) is 5.92 Å². The maximum atomic E-state index is 5.42. The number of methoxy groups -OCH3 is 1. The Morgan fingerprint density at radius 3 is 2.57 bits per heavy atom. The van der Waals surface area contributed by atoms with Gasteiger partial charge in [-0.2, -0.15) is 0 Å². The summed E-state index contributed by atoms with van der Waals surface area (Å²) >= 11 is 5.42. The molecule has 0 amide bonds. The van der Waals surface area contributed by atoms with Crippen molar-refractivity contribution in [3.8, 4) is 0 Å². The number of H-pyrrole nitrogens is 1. The molecule has 0 aliphatic heterocycles. The standard InChI is InChI=1S/C22H28N4OS/c1-26(2)17-10-8-16(9-11-17)19(14-25-22(28)23-12-13-27-3)20-15-24-21-7-5-4-6-18(20)21/h4-11,15,19,24H,12-14H2,1-3H3,(H2,23,25,28)/t19-/m1/s1. The first kappa shape index (κ1) is 20.2. The highest BCUT2D eigenvalue weighted by Gasteiger charge is 2.18. The lowest BCUT2D eigenvalue weighted by atomic mass is 9.90. The molecule has 0 aliphatic rings. The van der Waals surface area contributed by atoms with Crippen molar-refractivity contribution in [2.24, 2.45) is 0 Å². The third-order valence-electron chi connectivity index (χ3n) is 4.87. The first-order valence-electron chi connectivity index (χ1n) is 9.44. The molecule has 1 heterocycles. The normalized spacial score (nSPS) is 12.0. The van der Waals surface area contributed by atoms with E-state index in [0.29, 0.717) is 24.8 Å². The number of benzene rings is 2. The van der Waals surface area contributed by atoms with Gasteiger partial charge in [0.1, 0.15) is 0 Å². The fraction of sp³-hybridized carbons (Fsp3) is 0.318. The van der Waals surface area contributed by atoms with Gasteiger partial charge in [0.25, 0.3) is 0 Å². The number of ether oxygens (including phenoxy) is 1. The van der Waals surface area contributed by atoms with E-state index in [1.54, 1.807) is 7.11 Å². The highest BCUT2D eigenvalue weighted by Crippen LogP contribution is 2.31. The van der Waals surface area contributed by atoms with Crippen LogP contribution in [0.25, 0.3) is 10.9 Å². The molecule has 0 fully saturated rings. The molecule has 3 rings (SSSR count). The van der Waals surface area contributed by atoms with Gasteiger partial charge in [-0.1, -0.05) is 30.3 Å². The van der Waals surface area contributed by atoms with Crippen molar-refractivity contribution < 1.29 is 4.74 Å². The van der Waals surface area contributed by atoms with E-state index in [9.17, 15) is 0 Å². The molecule has 0 saturated carbocycles. The number of nitrogens with one attached hydrogen (secondary N) is 3. The van der Waals surface area contributed by atoms with Gasteiger partial charge in [0, 0.05) is 63.0 Å². The summed E-state index contributed by atoms with van der Waals surface area (Å²) in [5.74, 6) is 0.175. The highest BCUT2D eigenvalue weighted by molar-refractivity contribution is 7.80. The molecule has 6 heteroatoms. The molecular weight excluding hydrogens is 368 g/mol. The van der Waals surface area contributed by atoms with E-state index in [1.807, 2.05) is 0 Å². The van der Waals surface area contributed by atoms with Gasteiger partial charge in [-0.3, -0.25) is 0 Å². The van der Waals surface area contributed by atoms with Gasteiger partial charge in [-0.05, 0) is 41.5 Å². The molecule has 0 saturated heterocycles. The molecular formula is C22H28N4OS. The van der Waals surface area contributed by atoms with E-state index in [-0.39, 0.29) is 5.92 Å². The zero-order valence-electron chi connectivity index (χ0n) is 16.7. The van der Waals surface area contributed by atoms with Crippen LogP contribution in [0.15, 0.2) is 54.7 Å². The Bertz CT molecular complexity index is 904. The van der Waals surface area contributed by atoms with Crippen LogP contribution in [-0.4, -0.2) is 51.0 Å². The van der Waals surface area contributed by atoms with Crippen molar-refractivity contribution in [1.29, 1.82) is 0 Å². The molecule has 0 unspecified atom stereocenters. The summed E-state index contributed by atoms with van der Waals surface area (Å²) in [6.07, 6.45) is 2.11. The Hall–Kier alpha value is -2.57. The molecule has 1 aromatic heterocycles. The maximum Gasteiger partial charge on any atom is 0.166 e. The predicted octanol–water partition coefficient (Wildman–Crippen LogP) is 3.48. The van der Waals surface area contributed by atoms with Gasteiger partial charge in [-0.25, -0.2) is 0 Å². The van der Waals surface area contributed by atoms with Crippen LogP contribution in [0.4, 0.5) is 5.69 Å². The number of para-hydroxylation sites is 1. The number of aromatic nitrogens is 1. The van der Waals surface area contributed by atoms with Gasteiger partial charge >= 0.3 is 0 Å². The molecule has 0 aliphatic carbocycles. The number of anilines is 1. The van der Waals surface area contributed by atoms with E-state index in [4.69, 9.17) is 17.0 Å². The summed E-state index contributed by atoms with van der Waals surface area (Å²) in [6, 6.07) is 17.1. The van der Waals surface area contributed by atoms with Crippen LogP contribution in [0.5, 0.6) is 0 Å². The number of fused-ring (bicyclic) bond motifs is 1. The van der Waals surface area contributed by atoms with Gasteiger partial charge < -0.3 is 25.3 Å². The lowest BCUT2D eigenvalue weighted by molar-refractivity contribution is 0.204. The molecule has 0 spiro atoms. The van der Waals surface area contributed by atoms with E-state index >= 15 is 0 Å². The van der Waals surface area contributed by atoms with E-state index in [1.165, 1.54) is 22.2 Å². The average Bonchev–Trinajstić information content (AvgIpc) is 3.13. The second kappa shape index (κ2) is 9.57. The van der Waals surface area contributed by atoms with E-state index < -0.39 is 0 Å². The molecule has 148 valence electrons. The van der Waals surface area contributed by atoms with Crippen LogP contribution in [0.1, 0.15) is 17.0 Å². The van der Waals surface area contributed by atoms with Crippen LogP contribution in [0, 0.1) is 0 Å². The van der Waals surface area contributed by atoms with Gasteiger partial charge in [-0.15, -0.1) is 0 Å².